The van der Waals surface area contributed by atoms with Gasteiger partial charge >= 0.3 is 0 Å². The van der Waals surface area contributed by atoms with Crippen LogP contribution in [-0.4, -0.2) is 67.3 Å². The van der Waals surface area contributed by atoms with E-state index < -0.39 is 0 Å². The van der Waals surface area contributed by atoms with Crippen LogP contribution in [0.25, 0.3) is 0 Å². The summed E-state index contributed by atoms with van der Waals surface area (Å²) in [4.78, 5) is 13.1. The summed E-state index contributed by atoms with van der Waals surface area (Å²) in [5, 5.41) is 8.62. The van der Waals surface area contributed by atoms with Gasteiger partial charge in [-0.15, -0.1) is 0 Å². The first-order valence-corrected chi connectivity index (χ1v) is 5.98. The maximum atomic E-state index is 11.4. The van der Waals surface area contributed by atoms with Gasteiger partial charge in [0, 0.05) is 24.8 Å². The van der Waals surface area contributed by atoms with Crippen molar-refractivity contribution in [3.8, 4) is 0 Å². The largest absolute Gasteiger partial charge is 0.394 e. The fraction of sp³-hybridized carbons (Fsp3) is 0.900. The van der Waals surface area contributed by atoms with Crippen molar-refractivity contribution in [3.63, 3.8) is 0 Å². The van der Waals surface area contributed by atoms with E-state index in [1.54, 1.807) is 4.90 Å². The maximum absolute atomic E-state index is 11.4. The minimum absolute atomic E-state index is 0.0333. The van der Waals surface area contributed by atoms with E-state index in [1.807, 2.05) is 0 Å². The lowest BCUT2D eigenvalue weighted by molar-refractivity contribution is -0.128. The average molecular weight is 249 g/mol. The number of nitrogens with zero attached hydrogens (tertiary/aromatic N) is 1. The van der Waals surface area contributed by atoms with Crippen LogP contribution in [0.5, 0.6) is 0 Å². The molecule has 1 heterocycles. The van der Waals surface area contributed by atoms with E-state index in [-0.39, 0.29) is 17.8 Å². The Balaban J connectivity index is 1.93. The van der Waals surface area contributed by atoms with Crippen LogP contribution in [0.15, 0.2) is 0 Å². The molecule has 0 aromatic heterocycles. The minimum Gasteiger partial charge on any atom is -0.394 e. The first kappa shape index (κ1) is 13.8. The third-order valence-corrected chi connectivity index (χ3v) is 2.65. The van der Waals surface area contributed by atoms with Gasteiger partial charge in [0.25, 0.3) is 0 Å². The first-order chi connectivity index (χ1) is 7.74. The Kier molecular flexibility index (Phi) is 6.79. The number of hydrogen-bond donors (Lipinski definition) is 2. The molecule has 1 N–H and O–H groups in total. The molecule has 6 heteroatoms. The lowest BCUT2D eigenvalue weighted by Gasteiger charge is -2.15. The van der Waals surface area contributed by atoms with Crippen molar-refractivity contribution in [2.24, 2.45) is 0 Å². The molecular formula is C10H19NO4S. The highest BCUT2D eigenvalue weighted by molar-refractivity contribution is 7.81. The van der Waals surface area contributed by atoms with Crippen molar-refractivity contribution < 1.29 is 19.4 Å². The third-order valence-electron chi connectivity index (χ3n) is 2.31. The second-order valence-corrected chi connectivity index (χ2v) is 4.38. The number of aliphatic hydroxyl groups is 1. The molecule has 1 fully saturated rings. The van der Waals surface area contributed by atoms with Gasteiger partial charge in [0.1, 0.15) is 0 Å². The second kappa shape index (κ2) is 7.89. The summed E-state index contributed by atoms with van der Waals surface area (Å²) < 4.78 is 10.3. The predicted octanol–water partition coefficient (Wildman–Crippen LogP) is -0.457. The summed E-state index contributed by atoms with van der Waals surface area (Å²) in [7, 11) is 0. The van der Waals surface area contributed by atoms with Crippen molar-refractivity contribution in [1.82, 2.24) is 4.90 Å². The first-order valence-electron chi connectivity index (χ1n) is 5.46. The van der Waals surface area contributed by atoms with Gasteiger partial charge in [-0.2, -0.15) is 12.6 Å². The molecule has 5 nitrogen and oxygen atoms in total. The normalized spacial score (nSPS) is 20.8. The van der Waals surface area contributed by atoms with E-state index in [9.17, 15) is 4.79 Å². The molecule has 1 unspecified atom stereocenters. The molecule has 1 rings (SSSR count). The van der Waals surface area contributed by atoms with Crippen molar-refractivity contribution >= 4 is 18.5 Å². The van der Waals surface area contributed by atoms with E-state index in [0.29, 0.717) is 45.9 Å². The van der Waals surface area contributed by atoms with Crippen LogP contribution >= 0.6 is 12.6 Å². The number of carbonyl (C=O) groups is 1. The molecule has 0 saturated carbocycles. The molecule has 0 aromatic rings. The van der Waals surface area contributed by atoms with Gasteiger partial charge < -0.3 is 19.5 Å². The topological polar surface area (TPSA) is 59.0 Å². The van der Waals surface area contributed by atoms with E-state index in [1.165, 1.54) is 0 Å². The van der Waals surface area contributed by atoms with Crippen LogP contribution in [-0.2, 0) is 14.3 Å². The van der Waals surface area contributed by atoms with Crippen molar-refractivity contribution in [1.29, 1.82) is 0 Å². The van der Waals surface area contributed by atoms with Crippen LogP contribution in [0.4, 0.5) is 0 Å². The van der Waals surface area contributed by atoms with Crippen LogP contribution in [0.1, 0.15) is 6.42 Å². The number of aliphatic hydroxyl groups excluding tert-OH is 1. The zero-order valence-corrected chi connectivity index (χ0v) is 10.2. The molecule has 1 amide bonds. The molecule has 16 heavy (non-hydrogen) atoms. The standard InChI is InChI=1S/C10H19NO4S/c12-2-4-15-6-5-14-3-1-11-8-9(16)7-10(11)13/h9,12,16H,1-8H2. The number of rotatable bonds is 8. The molecule has 0 aromatic carbocycles. The number of hydrogen-bond acceptors (Lipinski definition) is 5. The van der Waals surface area contributed by atoms with E-state index in [0.717, 1.165) is 0 Å². The SMILES string of the molecule is O=C1CC(S)CN1CCOCCOCCO. The Labute approximate surface area is 101 Å². The molecule has 0 radical (unpaired) electrons. The van der Waals surface area contributed by atoms with Crippen LogP contribution in [0, 0.1) is 0 Å². The van der Waals surface area contributed by atoms with Crippen LogP contribution in [0.3, 0.4) is 0 Å². The third kappa shape index (κ3) is 5.16. The lowest BCUT2D eigenvalue weighted by atomic mass is 10.4. The minimum atomic E-state index is 0.0333. The summed E-state index contributed by atoms with van der Waals surface area (Å²) in [6.07, 6.45) is 0.530. The highest BCUT2D eigenvalue weighted by Gasteiger charge is 2.26. The predicted molar refractivity (Wildman–Crippen MR) is 62.7 cm³/mol. The molecule has 0 spiro atoms. The van der Waals surface area contributed by atoms with E-state index in [4.69, 9.17) is 14.6 Å². The van der Waals surface area contributed by atoms with Crippen molar-refractivity contribution in [3.05, 3.63) is 0 Å². The average Bonchev–Trinajstić information content (AvgIpc) is 2.56. The van der Waals surface area contributed by atoms with Gasteiger partial charge in [-0.05, 0) is 0 Å². The molecule has 94 valence electrons. The zero-order chi connectivity index (χ0) is 11.8. The van der Waals surface area contributed by atoms with Gasteiger partial charge in [-0.25, -0.2) is 0 Å². The molecule has 0 aliphatic carbocycles. The van der Waals surface area contributed by atoms with Gasteiger partial charge in [-0.1, -0.05) is 0 Å². The fourth-order valence-corrected chi connectivity index (χ4v) is 1.88. The number of amides is 1. The van der Waals surface area contributed by atoms with Crippen LogP contribution < -0.4 is 0 Å². The fourth-order valence-electron chi connectivity index (χ4n) is 1.53. The van der Waals surface area contributed by atoms with Gasteiger partial charge in [0.05, 0.1) is 33.0 Å². The lowest BCUT2D eigenvalue weighted by Crippen LogP contribution is -2.29. The molecule has 1 aliphatic heterocycles. The highest BCUT2D eigenvalue weighted by atomic mass is 32.1. The van der Waals surface area contributed by atoms with E-state index in [2.05, 4.69) is 12.6 Å². The Morgan fingerprint density at radius 3 is 2.56 bits per heavy atom. The maximum Gasteiger partial charge on any atom is 0.223 e. The van der Waals surface area contributed by atoms with Crippen LogP contribution in [0.2, 0.25) is 0 Å². The second-order valence-electron chi connectivity index (χ2n) is 3.65. The smallest absolute Gasteiger partial charge is 0.223 e. The summed E-state index contributed by atoms with van der Waals surface area (Å²) in [6.45, 7) is 3.20. The van der Waals surface area contributed by atoms with Gasteiger partial charge in [-0.3, -0.25) is 4.79 Å². The van der Waals surface area contributed by atoms with Gasteiger partial charge in [0.2, 0.25) is 5.91 Å². The zero-order valence-electron chi connectivity index (χ0n) is 9.30. The summed E-state index contributed by atoms with van der Waals surface area (Å²) in [5.74, 6) is 0.153. The molecule has 0 bridgehead atoms. The Morgan fingerprint density at radius 2 is 2.00 bits per heavy atom. The van der Waals surface area contributed by atoms with Gasteiger partial charge in [0.15, 0.2) is 0 Å². The monoisotopic (exact) mass is 249 g/mol. The molecular weight excluding hydrogens is 230 g/mol. The quantitative estimate of drug-likeness (QED) is 0.451. The van der Waals surface area contributed by atoms with Crippen molar-refractivity contribution in [2.75, 3.05) is 46.1 Å². The number of likely N-dealkylation sites (tertiary alicyclic amines) is 1. The molecule has 1 saturated heterocycles. The Bertz CT molecular complexity index is 215. The highest BCUT2D eigenvalue weighted by Crippen LogP contribution is 2.14. The number of carbonyl (C=O) groups excluding carboxylic acids is 1. The number of ether oxygens (including phenoxy) is 2. The summed E-state index contributed by atoms with van der Waals surface area (Å²) in [5.41, 5.74) is 0. The Hall–Kier alpha value is -0.300. The molecule has 1 atom stereocenters. The summed E-state index contributed by atoms with van der Waals surface area (Å²) in [6, 6.07) is 0. The summed E-state index contributed by atoms with van der Waals surface area (Å²) >= 11 is 4.27. The Morgan fingerprint density at radius 1 is 1.31 bits per heavy atom. The molecule has 1 aliphatic rings. The van der Waals surface area contributed by atoms with Crippen molar-refractivity contribution in [2.45, 2.75) is 11.7 Å². The van der Waals surface area contributed by atoms with E-state index >= 15 is 0 Å². The number of thiol groups is 1.